The van der Waals surface area contributed by atoms with Gasteiger partial charge in [-0.3, -0.25) is 4.68 Å². The molecule has 0 atom stereocenters. The third kappa shape index (κ3) is 2.20. The number of aryl methyl sites for hydroxylation is 2. The number of hydrogen-bond acceptors (Lipinski definition) is 4. The van der Waals surface area contributed by atoms with Gasteiger partial charge in [-0.1, -0.05) is 12.1 Å². The van der Waals surface area contributed by atoms with Gasteiger partial charge in [-0.2, -0.15) is 5.10 Å². The molecule has 112 valence electrons. The largest absolute Gasteiger partial charge is 0.508 e. The van der Waals surface area contributed by atoms with Crippen molar-refractivity contribution in [2.75, 3.05) is 7.11 Å². The molecule has 0 aliphatic heterocycles. The number of nitrogens with zero attached hydrogens (tertiary/aromatic N) is 2. The van der Waals surface area contributed by atoms with Crippen molar-refractivity contribution >= 4 is 16.9 Å². The van der Waals surface area contributed by atoms with E-state index in [4.69, 9.17) is 4.74 Å². The standard InChI is InChI=1S/C17H16N2O3/c1-10-8-12(20)5-7-13(10)11-4-6-14-15(9-11)19(2)18-16(14)17(21)22-3/h4-9,20H,1-3H3. The molecule has 0 saturated heterocycles. The van der Waals surface area contributed by atoms with Crippen LogP contribution in [0.5, 0.6) is 5.75 Å². The molecule has 3 aromatic rings. The van der Waals surface area contributed by atoms with Crippen molar-refractivity contribution in [1.82, 2.24) is 9.78 Å². The molecule has 1 N–H and O–H groups in total. The van der Waals surface area contributed by atoms with Crippen molar-refractivity contribution in [3.63, 3.8) is 0 Å². The zero-order chi connectivity index (χ0) is 15.9. The molecule has 0 aliphatic carbocycles. The van der Waals surface area contributed by atoms with Crippen LogP contribution in [0.2, 0.25) is 0 Å². The van der Waals surface area contributed by atoms with E-state index in [1.54, 1.807) is 23.9 Å². The fraction of sp³-hybridized carbons (Fsp3) is 0.176. The maximum atomic E-state index is 11.8. The molecule has 1 aromatic heterocycles. The van der Waals surface area contributed by atoms with Crippen LogP contribution in [0.4, 0.5) is 0 Å². The topological polar surface area (TPSA) is 64.3 Å². The maximum absolute atomic E-state index is 11.8. The first kappa shape index (κ1) is 14.1. The first-order valence-corrected chi connectivity index (χ1v) is 6.86. The van der Waals surface area contributed by atoms with Gasteiger partial charge in [0.25, 0.3) is 0 Å². The first-order valence-electron chi connectivity index (χ1n) is 6.86. The second-order valence-electron chi connectivity index (χ2n) is 5.19. The molecule has 0 fully saturated rings. The molecule has 0 spiro atoms. The summed E-state index contributed by atoms with van der Waals surface area (Å²) in [5.41, 5.74) is 4.18. The highest BCUT2D eigenvalue weighted by Gasteiger charge is 2.17. The minimum absolute atomic E-state index is 0.246. The van der Waals surface area contributed by atoms with Crippen molar-refractivity contribution in [2.24, 2.45) is 7.05 Å². The van der Waals surface area contributed by atoms with E-state index in [9.17, 15) is 9.90 Å². The highest BCUT2D eigenvalue weighted by Crippen LogP contribution is 2.30. The monoisotopic (exact) mass is 296 g/mol. The Balaban J connectivity index is 2.18. The van der Waals surface area contributed by atoms with E-state index >= 15 is 0 Å². The van der Waals surface area contributed by atoms with Crippen molar-refractivity contribution in [2.45, 2.75) is 6.92 Å². The number of carbonyl (C=O) groups is 1. The van der Waals surface area contributed by atoms with Crippen LogP contribution in [0.1, 0.15) is 16.1 Å². The van der Waals surface area contributed by atoms with Crippen LogP contribution >= 0.6 is 0 Å². The average molecular weight is 296 g/mol. The summed E-state index contributed by atoms with van der Waals surface area (Å²) in [6, 6.07) is 11.1. The minimum atomic E-state index is -0.445. The van der Waals surface area contributed by atoms with Crippen molar-refractivity contribution in [3.05, 3.63) is 47.7 Å². The number of carbonyl (C=O) groups excluding carboxylic acids is 1. The third-order valence-corrected chi connectivity index (χ3v) is 3.75. The Morgan fingerprint density at radius 3 is 2.68 bits per heavy atom. The molecule has 2 aromatic carbocycles. The van der Waals surface area contributed by atoms with Crippen LogP contribution in [0.15, 0.2) is 36.4 Å². The van der Waals surface area contributed by atoms with Gasteiger partial charge < -0.3 is 9.84 Å². The van der Waals surface area contributed by atoms with Gasteiger partial charge in [-0.15, -0.1) is 0 Å². The second kappa shape index (κ2) is 5.18. The molecule has 22 heavy (non-hydrogen) atoms. The van der Waals surface area contributed by atoms with Crippen molar-refractivity contribution < 1.29 is 14.6 Å². The number of phenolic OH excluding ortho intramolecular Hbond substituents is 1. The summed E-state index contributed by atoms with van der Waals surface area (Å²) < 4.78 is 6.43. The van der Waals surface area contributed by atoms with Crippen LogP contribution in [0, 0.1) is 6.92 Å². The van der Waals surface area contributed by atoms with Gasteiger partial charge in [-0.05, 0) is 47.9 Å². The van der Waals surface area contributed by atoms with Crippen molar-refractivity contribution in [3.8, 4) is 16.9 Å². The molecular formula is C17H16N2O3. The summed E-state index contributed by atoms with van der Waals surface area (Å²) >= 11 is 0. The first-order chi connectivity index (χ1) is 10.5. The molecule has 1 heterocycles. The van der Waals surface area contributed by atoms with E-state index in [1.807, 2.05) is 31.2 Å². The highest BCUT2D eigenvalue weighted by atomic mass is 16.5. The molecule has 3 rings (SSSR count). The Kier molecular flexibility index (Phi) is 3.33. The Bertz CT molecular complexity index is 881. The summed E-state index contributed by atoms with van der Waals surface area (Å²) in [4.78, 5) is 11.8. The van der Waals surface area contributed by atoms with Crippen LogP contribution in [0.3, 0.4) is 0 Å². The predicted molar refractivity (Wildman–Crippen MR) is 83.9 cm³/mol. The molecule has 0 amide bonds. The number of ether oxygens (including phenoxy) is 1. The number of esters is 1. The molecule has 0 radical (unpaired) electrons. The fourth-order valence-corrected chi connectivity index (χ4v) is 2.64. The fourth-order valence-electron chi connectivity index (χ4n) is 2.64. The van der Waals surface area contributed by atoms with Gasteiger partial charge in [0.2, 0.25) is 0 Å². The van der Waals surface area contributed by atoms with E-state index in [0.717, 1.165) is 27.6 Å². The number of rotatable bonds is 2. The molecular weight excluding hydrogens is 280 g/mol. The predicted octanol–water partition coefficient (Wildman–Crippen LogP) is 3.04. The smallest absolute Gasteiger partial charge is 0.359 e. The van der Waals surface area contributed by atoms with Gasteiger partial charge in [0.05, 0.1) is 12.6 Å². The van der Waals surface area contributed by atoms with Gasteiger partial charge in [0, 0.05) is 12.4 Å². The Morgan fingerprint density at radius 1 is 1.23 bits per heavy atom. The number of fused-ring (bicyclic) bond motifs is 1. The van der Waals surface area contributed by atoms with Gasteiger partial charge in [0.15, 0.2) is 5.69 Å². The van der Waals surface area contributed by atoms with E-state index in [2.05, 4.69) is 5.10 Å². The normalized spacial score (nSPS) is 10.9. The molecule has 0 saturated carbocycles. The Labute approximate surface area is 127 Å². The Morgan fingerprint density at radius 2 is 2.00 bits per heavy atom. The minimum Gasteiger partial charge on any atom is -0.508 e. The molecule has 5 heteroatoms. The van der Waals surface area contributed by atoms with Crippen molar-refractivity contribution in [1.29, 1.82) is 0 Å². The van der Waals surface area contributed by atoms with Crippen LogP contribution in [0.25, 0.3) is 22.0 Å². The van der Waals surface area contributed by atoms with Gasteiger partial charge in [0.1, 0.15) is 5.75 Å². The summed E-state index contributed by atoms with van der Waals surface area (Å²) in [5.74, 6) is -0.199. The molecule has 5 nitrogen and oxygen atoms in total. The number of aromatic nitrogens is 2. The maximum Gasteiger partial charge on any atom is 0.359 e. The zero-order valence-corrected chi connectivity index (χ0v) is 12.6. The number of hydrogen-bond donors (Lipinski definition) is 1. The quantitative estimate of drug-likeness (QED) is 0.738. The second-order valence-corrected chi connectivity index (χ2v) is 5.19. The number of methoxy groups -OCH3 is 1. The molecule has 0 aliphatic rings. The SMILES string of the molecule is COC(=O)c1nn(C)c2cc(-c3ccc(O)cc3C)ccc12. The highest BCUT2D eigenvalue weighted by molar-refractivity contribution is 6.03. The average Bonchev–Trinajstić information content (AvgIpc) is 2.83. The van der Waals surface area contributed by atoms with Crippen LogP contribution < -0.4 is 0 Å². The summed E-state index contributed by atoms with van der Waals surface area (Å²) in [6.45, 7) is 1.95. The number of aromatic hydroxyl groups is 1. The summed E-state index contributed by atoms with van der Waals surface area (Å²) in [5, 5.41) is 14.5. The third-order valence-electron chi connectivity index (χ3n) is 3.75. The van der Waals surface area contributed by atoms with E-state index < -0.39 is 5.97 Å². The molecule has 0 unspecified atom stereocenters. The number of benzene rings is 2. The lowest BCUT2D eigenvalue weighted by atomic mass is 9.99. The lowest BCUT2D eigenvalue weighted by molar-refractivity contribution is 0.0595. The zero-order valence-electron chi connectivity index (χ0n) is 12.6. The lowest BCUT2D eigenvalue weighted by Crippen LogP contribution is -2.03. The van der Waals surface area contributed by atoms with Crippen LogP contribution in [-0.4, -0.2) is 28.0 Å². The van der Waals surface area contributed by atoms with Gasteiger partial charge >= 0.3 is 5.97 Å². The summed E-state index contributed by atoms with van der Waals surface area (Å²) in [6.07, 6.45) is 0. The Hall–Kier alpha value is -2.82. The summed E-state index contributed by atoms with van der Waals surface area (Å²) in [7, 11) is 3.14. The van der Waals surface area contributed by atoms with Crippen LogP contribution in [-0.2, 0) is 11.8 Å². The lowest BCUT2D eigenvalue weighted by Gasteiger charge is -2.07. The van der Waals surface area contributed by atoms with E-state index in [-0.39, 0.29) is 5.75 Å². The van der Waals surface area contributed by atoms with Gasteiger partial charge in [-0.25, -0.2) is 4.79 Å². The van der Waals surface area contributed by atoms with E-state index in [0.29, 0.717) is 5.69 Å². The van der Waals surface area contributed by atoms with E-state index in [1.165, 1.54) is 7.11 Å². The molecule has 0 bridgehead atoms. The number of phenols is 1.